The van der Waals surface area contributed by atoms with Crippen LogP contribution in [0.2, 0.25) is 0 Å². The van der Waals surface area contributed by atoms with E-state index in [-0.39, 0.29) is 18.8 Å². The highest BCUT2D eigenvalue weighted by Gasteiger charge is 2.29. The maximum atomic E-state index is 12.1. The number of rotatable bonds is 12. The summed E-state index contributed by atoms with van der Waals surface area (Å²) in [4.78, 5) is 57.7. The SMILES string of the molecule is CC(NC(=O)C(CO)NC(=O)C(N)CCC(=O)O)C(=O)NC(C(=O)O)C(C)C. The van der Waals surface area contributed by atoms with Gasteiger partial charge < -0.3 is 37.0 Å². The van der Waals surface area contributed by atoms with Gasteiger partial charge in [0.15, 0.2) is 0 Å². The van der Waals surface area contributed by atoms with E-state index in [2.05, 4.69) is 16.0 Å². The summed E-state index contributed by atoms with van der Waals surface area (Å²) in [6.07, 6.45) is -0.506. The van der Waals surface area contributed by atoms with Crippen LogP contribution in [0, 0.1) is 5.92 Å². The van der Waals surface area contributed by atoms with E-state index in [1.54, 1.807) is 13.8 Å². The molecule has 0 aliphatic rings. The first-order valence-corrected chi connectivity index (χ1v) is 8.62. The Morgan fingerprint density at radius 2 is 1.46 bits per heavy atom. The fourth-order valence-corrected chi connectivity index (χ4v) is 2.05. The van der Waals surface area contributed by atoms with Crippen LogP contribution in [0.1, 0.15) is 33.6 Å². The first kappa shape index (κ1) is 25.3. The van der Waals surface area contributed by atoms with Crippen LogP contribution in [0.3, 0.4) is 0 Å². The van der Waals surface area contributed by atoms with Crippen LogP contribution in [-0.2, 0) is 24.0 Å². The van der Waals surface area contributed by atoms with E-state index < -0.39 is 60.4 Å². The number of carbonyl (C=O) groups excluding carboxylic acids is 3. The van der Waals surface area contributed by atoms with Gasteiger partial charge in [-0.3, -0.25) is 19.2 Å². The zero-order chi connectivity index (χ0) is 22.0. The Kier molecular flexibility index (Phi) is 10.7. The number of carboxylic acid groups (broad SMARTS) is 2. The Hall–Kier alpha value is -2.73. The molecule has 8 N–H and O–H groups in total. The number of nitrogens with two attached hydrogens (primary N) is 1. The Labute approximate surface area is 161 Å². The van der Waals surface area contributed by atoms with E-state index in [1.165, 1.54) is 6.92 Å². The number of aliphatic hydroxyl groups is 1. The molecule has 0 saturated heterocycles. The van der Waals surface area contributed by atoms with Gasteiger partial charge in [0, 0.05) is 6.42 Å². The topological polar surface area (TPSA) is 208 Å². The van der Waals surface area contributed by atoms with Crippen molar-refractivity contribution >= 4 is 29.7 Å². The van der Waals surface area contributed by atoms with Gasteiger partial charge >= 0.3 is 11.9 Å². The standard InChI is InChI=1S/C16H28N4O8/c1-7(2)12(16(27)28)20-13(24)8(3)18-15(26)10(6-21)19-14(25)9(17)4-5-11(22)23/h7-10,12,21H,4-6,17H2,1-3H3,(H,18,26)(H,19,25)(H,20,24)(H,22,23)(H,27,28). The van der Waals surface area contributed by atoms with Crippen LogP contribution in [0.15, 0.2) is 0 Å². The lowest BCUT2D eigenvalue weighted by Crippen LogP contribution is -2.57. The van der Waals surface area contributed by atoms with Crippen LogP contribution in [0.4, 0.5) is 0 Å². The van der Waals surface area contributed by atoms with E-state index in [0.29, 0.717) is 0 Å². The van der Waals surface area contributed by atoms with Gasteiger partial charge in [-0.2, -0.15) is 0 Å². The van der Waals surface area contributed by atoms with Crippen LogP contribution in [0.5, 0.6) is 0 Å². The van der Waals surface area contributed by atoms with Crippen molar-refractivity contribution in [2.45, 2.75) is 57.8 Å². The first-order chi connectivity index (χ1) is 12.9. The molecule has 12 nitrogen and oxygen atoms in total. The highest BCUT2D eigenvalue weighted by Crippen LogP contribution is 2.02. The highest BCUT2D eigenvalue weighted by atomic mass is 16.4. The van der Waals surface area contributed by atoms with Crippen LogP contribution >= 0.6 is 0 Å². The van der Waals surface area contributed by atoms with Crippen LogP contribution in [-0.4, -0.2) is 75.8 Å². The highest BCUT2D eigenvalue weighted by molar-refractivity contribution is 5.94. The van der Waals surface area contributed by atoms with Gasteiger partial charge in [0.05, 0.1) is 12.6 Å². The molecule has 0 aliphatic carbocycles. The van der Waals surface area contributed by atoms with Crippen molar-refractivity contribution < 1.29 is 39.3 Å². The number of aliphatic hydroxyl groups excluding tert-OH is 1. The summed E-state index contributed by atoms with van der Waals surface area (Å²) in [5.41, 5.74) is 5.52. The predicted octanol–water partition coefficient (Wildman–Crippen LogP) is -2.61. The molecule has 0 radical (unpaired) electrons. The summed E-state index contributed by atoms with van der Waals surface area (Å²) in [7, 11) is 0. The number of carboxylic acids is 2. The molecule has 0 saturated carbocycles. The summed E-state index contributed by atoms with van der Waals surface area (Å²) in [6, 6.07) is -4.90. The van der Waals surface area contributed by atoms with Crippen molar-refractivity contribution in [1.82, 2.24) is 16.0 Å². The Morgan fingerprint density at radius 3 is 1.89 bits per heavy atom. The largest absolute Gasteiger partial charge is 0.481 e. The lowest BCUT2D eigenvalue weighted by molar-refractivity contribution is -0.143. The number of hydrogen-bond donors (Lipinski definition) is 7. The molecule has 0 bridgehead atoms. The van der Waals surface area contributed by atoms with Gasteiger partial charge in [0.1, 0.15) is 18.1 Å². The molecule has 0 fully saturated rings. The fourth-order valence-electron chi connectivity index (χ4n) is 2.05. The molecule has 4 unspecified atom stereocenters. The summed E-state index contributed by atoms with van der Waals surface area (Å²) in [5, 5.41) is 33.7. The molecule has 0 aromatic heterocycles. The molecule has 12 heteroatoms. The summed E-state index contributed by atoms with van der Waals surface area (Å²) >= 11 is 0. The average molecular weight is 404 g/mol. The second-order valence-electron chi connectivity index (χ2n) is 6.58. The zero-order valence-corrected chi connectivity index (χ0v) is 16.0. The summed E-state index contributed by atoms with van der Waals surface area (Å²) in [6.45, 7) is 3.73. The normalized spacial score (nSPS) is 15.1. The molecule has 28 heavy (non-hydrogen) atoms. The van der Waals surface area contributed by atoms with E-state index in [1.807, 2.05) is 0 Å². The molecule has 4 atom stereocenters. The lowest BCUT2D eigenvalue weighted by atomic mass is 10.0. The molecular formula is C16H28N4O8. The molecule has 0 heterocycles. The molecular weight excluding hydrogens is 376 g/mol. The van der Waals surface area contributed by atoms with E-state index in [4.69, 9.17) is 15.9 Å². The van der Waals surface area contributed by atoms with E-state index >= 15 is 0 Å². The minimum Gasteiger partial charge on any atom is -0.481 e. The Morgan fingerprint density at radius 1 is 0.893 bits per heavy atom. The summed E-state index contributed by atoms with van der Waals surface area (Å²) < 4.78 is 0. The molecule has 0 aliphatic heterocycles. The van der Waals surface area contributed by atoms with Crippen molar-refractivity contribution in [3.63, 3.8) is 0 Å². The van der Waals surface area contributed by atoms with Gasteiger partial charge in [-0.05, 0) is 19.3 Å². The van der Waals surface area contributed by atoms with Crippen molar-refractivity contribution in [2.75, 3.05) is 6.61 Å². The monoisotopic (exact) mass is 404 g/mol. The predicted molar refractivity (Wildman–Crippen MR) is 95.9 cm³/mol. The second-order valence-corrected chi connectivity index (χ2v) is 6.58. The lowest BCUT2D eigenvalue weighted by Gasteiger charge is -2.23. The molecule has 160 valence electrons. The number of carbonyl (C=O) groups is 5. The zero-order valence-electron chi connectivity index (χ0n) is 16.0. The Balaban J connectivity index is 4.77. The van der Waals surface area contributed by atoms with Gasteiger partial charge in [-0.1, -0.05) is 13.8 Å². The van der Waals surface area contributed by atoms with Crippen molar-refractivity contribution in [2.24, 2.45) is 11.7 Å². The maximum Gasteiger partial charge on any atom is 0.326 e. The van der Waals surface area contributed by atoms with Gasteiger partial charge in [-0.15, -0.1) is 0 Å². The Bertz CT molecular complexity index is 595. The minimum absolute atomic E-state index is 0.161. The van der Waals surface area contributed by atoms with Gasteiger partial charge in [0.25, 0.3) is 0 Å². The van der Waals surface area contributed by atoms with Crippen LogP contribution in [0.25, 0.3) is 0 Å². The second kappa shape index (κ2) is 11.9. The summed E-state index contributed by atoms with van der Waals surface area (Å²) in [5.74, 6) is -5.23. The molecule has 3 amide bonds. The fraction of sp³-hybridized carbons (Fsp3) is 0.688. The van der Waals surface area contributed by atoms with Crippen molar-refractivity contribution in [1.29, 1.82) is 0 Å². The van der Waals surface area contributed by atoms with Crippen molar-refractivity contribution in [3.8, 4) is 0 Å². The first-order valence-electron chi connectivity index (χ1n) is 8.62. The number of nitrogens with one attached hydrogen (secondary N) is 3. The average Bonchev–Trinajstić information content (AvgIpc) is 2.60. The van der Waals surface area contributed by atoms with Crippen molar-refractivity contribution in [3.05, 3.63) is 0 Å². The maximum absolute atomic E-state index is 12.1. The van der Waals surface area contributed by atoms with Gasteiger partial charge in [-0.25, -0.2) is 4.79 Å². The third-order valence-corrected chi connectivity index (χ3v) is 3.80. The molecule has 0 rings (SSSR count). The van der Waals surface area contributed by atoms with E-state index in [0.717, 1.165) is 0 Å². The molecule has 0 spiro atoms. The minimum atomic E-state index is -1.42. The third kappa shape index (κ3) is 8.77. The number of amides is 3. The number of aliphatic carboxylic acids is 2. The van der Waals surface area contributed by atoms with E-state index in [9.17, 15) is 29.1 Å². The quantitative estimate of drug-likeness (QED) is 0.181. The molecule has 0 aromatic rings. The third-order valence-electron chi connectivity index (χ3n) is 3.80. The van der Waals surface area contributed by atoms with Gasteiger partial charge in [0.2, 0.25) is 17.7 Å². The molecule has 0 aromatic carbocycles. The van der Waals surface area contributed by atoms with Crippen LogP contribution < -0.4 is 21.7 Å². The smallest absolute Gasteiger partial charge is 0.326 e. The number of hydrogen-bond acceptors (Lipinski definition) is 7.